The first-order valence-corrected chi connectivity index (χ1v) is 7.52. The number of hydrogen-bond donors (Lipinski definition) is 2. The molecule has 0 saturated carbocycles. The van der Waals surface area contributed by atoms with Crippen LogP contribution in [0.25, 0.3) is 21.9 Å². The third kappa shape index (κ3) is 2.01. The average Bonchev–Trinajstić information content (AvgIpc) is 2.92. The fourth-order valence-corrected chi connectivity index (χ4v) is 3.67. The molecule has 0 aliphatic heterocycles. The lowest BCUT2D eigenvalue weighted by Crippen LogP contribution is -2.28. The summed E-state index contributed by atoms with van der Waals surface area (Å²) in [4.78, 5) is 33.6. The van der Waals surface area contributed by atoms with Crippen LogP contribution in [0.15, 0.2) is 23.9 Å². The normalized spacial score (nSPS) is 11.3. The van der Waals surface area contributed by atoms with Gasteiger partial charge < -0.3 is 4.98 Å². The highest BCUT2D eigenvalue weighted by molar-refractivity contribution is 9.13. The quantitative estimate of drug-likeness (QED) is 0.650. The van der Waals surface area contributed by atoms with E-state index in [4.69, 9.17) is 0 Å². The van der Waals surface area contributed by atoms with E-state index >= 15 is 0 Å². The molecule has 98 valence electrons. The molecule has 0 atom stereocenters. The molecule has 3 rings (SSSR count). The summed E-state index contributed by atoms with van der Waals surface area (Å²) in [5.41, 5.74) is -0.322. The lowest BCUT2D eigenvalue weighted by molar-refractivity contribution is 0.832. The molecule has 19 heavy (non-hydrogen) atoms. The van der Waals surface area contributed by atoms with Crippen molar-refractivity contribution < 1.29 is 0 Å². The van der Waals surface area contributed by atoms with Crippen LogP contribution in [0.5, 0.6) is 0 Å². The Kier molecular flexibility index (Phi) is 2.99. The standard InChI is InChI=1S/C10H6Br2N4O2S/c1-16-8-5(9(17)15-10(16)18)13-7(14-8)4-2-3(11)6(12)19-4/h2H,1H3,(H,13,14)(H,15,17,18). The van der Waals surface area contributed by atoms with Crippen LogP contribution in [-0.2, 0) is 7.05 Å². The molecule has 3 aromatic rings. The number of aromatic nitrogens is 4. The Morgan fingerprint density at radius 2 is 2.05 bits per heavy atom. The van der Waals surface area contributed by atoms with Crippen molar-refractivity contribution >= 4 is 54.4 Å². The predicted molar refractivity (Wildman–Crippen MR) is 80.7 cm³/mol. The van der Waals surface area contributed by atoms with E-state index in [1.165, 1.54) is 15.9 Å². The van der Waals surface area contributed by atoms with E-state index in [0.29, 0.717) is 11.5 Å². The zero-order valence-electron chi connectivity index (χ0n) is 9.45. The molecule has 0 aliphatic carbocycles. The molecule has 6 nitrogen and oxygen atoms in total. The topological polar surface area (TPSA) is 83.5 Å². The molecule has 0 aliphatic rings. The molecule has 0 aromatic carbocycles. The fourth-order valence-electron chi connectivity index (χ4n) is 1.68. The van der Waals surface area contributed by atoms with Gasteiger partial charge in [0.15, 0.2) is 11.5 Å². The summed E-state index contributed by atoms with van der Waals surface area (Å²) in [6.07, 6.45) is 0. The van der Waals surface area contributed by atoms with E-state index in [1.54, 1.807) is 7.05 Å². The fraction of sp³-hybridized carbons (Fsp3) is 0.100. The predicted octanol–water partition coefficient (Wildman–Crippen LogP) is 2.20. The number of H-pyrrole nitrogens is 2. The number of thiophene rings is 1. The Labute approximate surface area is 126 Å². The SMILES string of the molecule is Cn1c(=O)[nH]c(=O)c2[nH]c(-c3cc(Br)c(Br)s3)nc21. The minimum Gasteiger partial charge on any atom is -0.331 e. The second-order valence-corrected chi connectivity index (χ2v) is 7.06. The summed E-state index contributed by atoms with van der Waals surface area (Å²) in [5.74, 6) is 0.554. The number of aryl methyl sites for hydroxylation is 1. The van der Waals surface area contributed by atoms with Crippen LogP contribution in [0.2, 0.25) is 0 Å². The summed E-state index contributed by atoms with van der Waals surface area (Å²) in [6, 6.07) is 1.89. The van der Waals surface area contributed by atoms with E-state index in [2.05, 4.69) is 46.8 Å². The van der Waals surface area contributed by atoms with Crippen LogP contribution in [0, 0.1) is 0 Å². The number of nitrogens with zero attached hydrogens (tertiary/aromatic N) is 2. The molecule has 2 N–H and O–H groups in total. The van der Waals surface area contributed by atoms with E-state index < -0.39 is 11.2 Å². The van der Waals surface area contributed by atoms with Crippen molar-refractivity contribution in [3.63, 3.8) is 0 Å². The molecular formula is C10H6Br2N4O2S. The highest BCUT2D eigenvalue weighted by Gasteiger charge is 2.14. The number of nitrogens with one attached hydrogen (secondary N) is 2. The van der Waals surface area contributed by atoms with Gasteiger partial charge in [0.05, 0.1) is 8.66 Å². The number of fused-ring (bicyclic) bond motifs is 1. The molecule has 0 bridgehead atoms. The second-order valence-electron chi connectivity index (χ2n) is 3.83. The number of halogens is 2. The number of hydrogen-bond acceptors (Lipinski definition) is 4. The van der Waals surface area contributed by atoms with Gasteiger partial charge in [0.2, 0.25) is 0 Å². The Balaban J connectivity index is 2.33. The smallest absolute Gasteiger partial charge is 0.329 e. The van der Waals surface area contributed by atoms with Crippen molar-refractivity contribution in [3.8, 4) is 10.7 Å². The largest absolute Gasteiger partial charge is 0.331 e. The van der Waals surface area contributed by atoms with Gasteiger partial charge in [-0.3, -0.25) is 14.3 Å². The minimum absolute atomic E-state index is 0.290. The van der Waals surface area contributed by atoms with Gasteiger partial charge in [-0.2, -0.15) is 0 Å². The average molecular weight is 406 g/mol. The van der Waals surface area contributed by atoms with Gasteiger partial charge in [-0.05, 0) is 37.9 Å². The zero-order chi connectivity index (χ0) is 13.7. The van der Waals surface area contributed by atoms with Crippen molar-refractivity contribution in [2.24, 2.45) is 7.05 Å². The Morgan fingerprint density at radius 1 is 1.32 bits per heavy atom. The van der Waals surface area contributed by atoms with Crippen molar-refractivity contribution in [2.45, 2.75) is 0 Å². The molecule has 0 saturated heterocycles. The maximum absolute atomic E-state index is 11.7. The monoisotopic (exact) mass is 404 g/mol. The summed E-state index contributed by atoms with van der Waals surface area (Å²) in [6.45, 7) is 0. The van der Waals surface area contributed by atoms with Crippen LogP contribution in [0.3, 0.4) is 0 Å². The van der Waals surface area contributed by atoms with Gasteiger partial charge in [0.25, 0.3) is 5.56 Å². The summed E-state index contributed by atoms with van der Waals surface area (Å²) >= 11 is 8.28. The maximum atomic E-state index is 11.7. The Bertz CT molecular complexity index is 885. The van der Waals surface area contributed by atoms with Gasteiger partial charge in [0.1, 0.15) is 5.52 Å². The van der Waals surface area contributed by atoms with Gasteiger partial charge >= 0.3 is 5.69 Å². The zero-order valence-corrected chi connectivity index (χ0v) is 13.4. The van der Waals surface area contributed by atoms with Gasteiger partial charge in [-0.1, -0.05) is 0 Å². The van der Waals surface area contributed by atoms with E-state index in [1.807, 2.05) is 6.07 Å². The van der Waals surface area contributed by atoms with Crippen molar-refractivity contribution in [2.75, 3.05) is 0 Å². The lowest BCUT2D eigenvalue weighted by atomic mass is 10.4. The van der Waals surface area contributed by atoms with Crippen LogP contribution in [-0.4, -0.2) is 19.5 Å². The first kappa shape index (κ1) is 12.8. The molecule has 0 spiro atoms. The van der Waals surface area contributed by atoms with Gasteiger partial charge in [-0.25, -0.2) is 9.78 Å². The van der Waals surface area contributed by atoms with Gasteiger partial charge in [0, 0.05) is 11.5 Å². The number of imidazole rings is 1. The summed E-state index contributed by atoms with van der Waals surface area (Å²) in [5, 5.41) is 0. The maximum Gasteiger partial charge on any atom is 0.329 e. The number of rotatable bonds is 1. The van der Waals surface area contributed by atoms with Crippen LogP contribution in [0.4, 0.5) is 0 Å². The van der Waals surface area contributed by atoms with E-state index in [9.17, 15) is 9.59 Å². The molecule has 0 fully saturated rings. The highest BCUT2D eigenvalue weighted by Crippen LogP contribution is 2.37. The second kappa shape index (κ2) is 4.43. The Hall–Kier alpha value is -1.19. The molecule has 0 radical (unpaired) electrons. The van der Waals surface area contributed by atoms with Crippen LogP contribution >= 0.6 is 43.2 Å². The minimum atomic E-state index is -0.482. The summed E-state index contributed by atoms with van der Waals surface area (Å²) in [7, 11) is 1.56. The molecular weight excluding hydrogens is 400 g/mol. The van der Waals surface area contributed by atoms with E-state index in [-0.39, 0.29) is 5.52 Å². The molecule has 0 amide bonds. The van der Waals surface area contributed by atoms with Crippen molar-refractivity contribution in [1.82, 2.24) is 19.5 Å². The van der Waals surface area contributed by atoms with Crippen LogP contribution in [0.1, 0.15) is 0 Å². The van der Waals surface area contributed by atoms with Crippen molar-refractivity contribution in [1.29, 1.82) is 0 Å². The first-order chi connectivity index (χ1) is 8.97. The molecule has 9 heteroatoms. The van der Waals surface area contributed by atoms with E-state index in [0.717, 1.165) is 13.1 Å². The van der Waals surface area contributed by atoms with Crippen LogP contribution < -0.4 is 11.2 Å². The number of aromatic amines is 2. The summed E-state index contributed by atoms with van der Waals surface area (Å²) < 4.78 is 3.15. The third-order valence-electron chi connectivity index (χ3n) is 2.63. The van der Waals surface area contributed by atoms with Gasteiger partial charge in [-0.15, -0.1) is 11.3 Å². The lowest BCUT2D eigenvalue weighted by Gasteiger charge is -1.94. The Morgan fingerprint density at radius 3 is 2.68 bits per heavy atom. The first-order valence-electron chi connectivity index (χ1n) is 5.11. The molecule has 3 heterocycles. The third-order valence-corrected chi connectivity index (χ3v) is 5.90. The molecule has 0 unspecified atom stereocenters. The molecule has 3 aromatic heterocycles. The van der Waals surface area contributed by atoms with Crippen molar-refractivity contribution in [3.05, 3.63) is 35.2 Å². The highest BCUT2D eigenvalue weighted by atomic mass is 79.9.